The van der Waals surface area contributed by atoms with Crippen molar-refractivity contribution in [3.63, 3.8) is 0 Å². The first-order valence-electron chi connectivity index (χ1n) is 7.17. The van der Waals surface area contributed by atoms with Crippen molar-refractivity contribution in [1.29, 1.82) is 0 Å². The van der Waals surface area contributed by atoms with Crippen molar-refractivity contribution in [2.24, 2.45) is 0 Å². The first-order chi connectivity index (χ1) is 10.4. The summed E-state index contributed by atoms with van der Waals surface area (Å²) in [7, 11) is 0. The van der Waals surface area contributed by atoms with Gasteiger partial charge in [0.25, 0.3) is 0 Å². The quantitative estimate of drug-likeness (QED) is 0.746. The zero-order valence-electron chi connectivity index (χ0n) is 14.3. The number of allylic oxidation sites excluding steroid dienone is 2. The Labute approximate surface area is 139 Å². The second-order valence-electron chi connectivity index (χ2n) is 5.23. The molecule has 2 aromatic carbocycles. The van der Waals surface area contributed by atoms with E-state index in [4.69, 9.17) is 9.47 Å². The highest BCUT2D eigenvalue weighted by Gasteiger charge is 1.92. The summed E-state index contributed by atoms with van der Waals surface area (Å²) in [4.78, 5) is 0. The van der Waals surface area contributed by atoms with Gasteiger partial charge in [-0.05, 0) is 52.0 Å². The molecule has 0 aliphatic heterocycles. The molecule has 0 heterocycles. The third kappa shape index (κ3) is 9.17. The molecule has 0 saturated carbocycles. The maximum Gasteiger partial charge on any atom is 0.126 e. The maximum atomic E-state index is 5.27. The summed E-state index contributed by atoms with van der Waals surface area (Å²) in [6.07, 6.45) is 0. The molecule has 0 spiro atoms. The van der Waals surface area contributed by atoms with E-state index in [1.165, 1.54) is 11.1 Å². The van der Waals surface area contributed by atoms with E-state index in [1.54, 1.807) is 0 Å². The average Bonchev–Trinajstić information content (AvgIpc) is 2.44. The van der Waals surface area contributed by atoms with E-state index < -0.39 is 0 Å². The molecule has 0 fully saturated rings. The Morgan fingerprint density at radius 2 is 0.913 bits per heavy atom. The van der Waals surface area contributed by atoms with E-state index >= 15 is 0 Å². The SMILES string of the molecule is C=C(C)Oc1ccc(C)cc1.C=C(C)Oc1ccc(C)cc1.O. The topological polar surface area (TPSA) is 50.0 Å². The van der Waals surface area contributed by atoms with Gasteiger partial charge in [-0.15, -0.1) is 0 Å². The molecular formula is C20H26O3. The summed E-state index contributed by atoms with van der Waals surface area (Å²) >= 11 is 0. The van der Waals surface area contributed by atoms with E-state index in [-0.39, 0.29) is 5.48 Å². The highest BCUT2D eigenvalue weighted by Crippen LogP contribution is 2.14. The second kappa shape index (κ2) is 10.2. The van der Waals surface area contributed by atoms with E-state index in [0.29, 0.717) is 11.5 Å². The van der Waals surface area contributed by atoms with Crippen LogP contribution in [-0.2, 0) is 0 Å². The number of ether oxygens (including phenoxy) is 2. The number of hydrogen-bond acceptors (Lipinski definition) is 2. The largest absolute Gasteiger partial charge is 0.463 e. The fraction of sp³-hybridized carbons (Fsp3) is 0.200. The van der Waals surface area contributed by atoms with Gasteiger partial charge in [0.05, 0.1) is 11.5 Å². The Morgan fingerprint density at radius 1 is 0.652 bits per heavy atom. The van der Waals surface area contributed by atoms with E-state index in [0.717, 1.165) is 11.5 Å². The minimum Gasteiger partial charge on any atom is -0.463 e. The fourth-order valence-corrected chi connectivity index (χ4v) is 1.61. The van der Waals surface area contributed by atoms with Gasteiger partial charge in [-0.1, -0.05) is 48.6 Å². The predicted octanol–water partition coefficient (Wildman–Crippen LogP) is 4.99. The molecule has 3 heteroatoms. The molecule has 0 aliphatic rings. The Bertz CT molecular complexity index is 553. The minimum absolute atomic E-state index is 0. The van der Waals surface area contributed by atoms with Gasteiger partial charge < -0.3 is 14.9 Å². The van der Waals surface area contributed by atoms with Crippen LogP contribution in [0.15, 0.2) is 73.2 Å². The first kappa shape index (κ1) is 20.5. The summed E-state index contributed by atoms with van der Waals surface area (Å²) in [6.45, 7) is 15.1. The Kier molecular flexibility index (Phi) is 9.12. The van der Waals surface area contributed by atoms with Gasteiger partial charge in [-0.25, -0.2) is 0 Å². The average molecular weight is 314 g/mol. The summed E-state index contributed by atoms with van der Waals surface area (Å²) in [5, 5.41) is 0. The van der Waals surface area contributed by atoms with Gasteiger partial charge in [0, 0.05) is 0 Å². The van der Waals surface area contributed by atoms with Crippen LogP contribution in [0.1, 0.15) is 25.0 Å². The second-order valence-corrected chi connectivity index (χ2v) is 5.23. The van der Waals surface area contributed by atoms with E-state index in [9.17, 15) is 0 Å². The summed E-state index contributed by atoms with van der Waals surface area (Å²) in [5.74, 6) is 3.13. The van der Waals surface area contributed by atoms with Crippen LogP contribution in [0.4, 0.5) is 0 Å². The zero-order valence-corrected chi connectivity index (χ0v) is 14.3. The van der Waals surface area contributed by atoms with Gasteiger partial charge in [-0.2, -0.15) is 0 Å². The third-order valence-electron chi connectivity index (χ3n) is 2.63. The molecule has 0 aromatic heterocycles. The van der Waals surface area contributed by atoms with Crippen molar-refractivity contribution in [2.45, 2.75) is 27.7 Å². The lowest BCUT2D eigenvalue weighted by molar-refractivity contribution is 0.430. The van der Waals surface area contributed by atoms with Crippen molar-refractivity contribution < 1.29 is 14.9 Å². The molecule has 0 atom stereocenters. The van der Waals surface area contributed by atoms with Crippen molar-refractivity contribution >= 4 is 0 Å². The van der Waals surface area contributed by atoms with Gasteiger partial charge in [0.1, 0.15) is 11.5 Å². The van der Waals surface area contributed by atoms with Crippen LogP contribution < -0.4 is 9.47 Å². The molecular weight excluding hydrogens is 288 g/mol. The molecule has 0 amide bonds. The molecule has 0 bridgehead atoms. The molecule has 124 valence electrons. The zero-order chi connectivity index (χ0) is 16.5. The number of rotatable bonds is 4. The van der Waals surface area contributed by atoms with Crippen LogP contribution in [0.3, 0.4) is 0 Å². The summed E-state index contributed by atoms with van der Waals surface area (Å²) in [5.41, 5.74) is 2.47. The minimum atomic E-state index is 0. The van der Waals surface area contributed by atoms with Crippen molar-refractivity contribution in [3.05, 3.63) is 84.3 Å². The molecule has 3 nitrogen and oxygen atoms in total. The first-order valence-corrected chi connectivity index (χ1v) is 7.17. The molecule has 0 unspecified atom stereocenters. The molecule has 23 heavy (non-hydrogen) atoms. The Hall–Kier alpha value is -2.52. The van der Waals surface area contributed by atoms with Gasteiger partial charge >= 0.3 is 0 Å². The van der Waals surface area contributed by atoms with Crippen molar-refractivity contribution in [2.75, 3.05) is 0 Å². The predicted molar refractivity (Wildman–Crippen MR) is 96.9 cm³/mol. The van der Waals surface area contributed by atoms with Crippen molar-refractivity contribution in [1.82, 2.24) is 0 Å². The third-order valence-corrected chi connectivity index (χ3v) is 2.63. The van der Waals surface area contributed by atoms with E-state index in [2.05, 4.69) is 13.2 Å². The fourth-order valence-electron chi connectivity index (χ4n) is 1.61. The molecule has 2 N–H and O–H groups in total. The Balaban J connectivity index is 0.000000403. The van der Waals surface area contributed by atoms with Crippen LogP contribution in [0.25, 0.3) is 0 Å². The normalized spacial score (nSPS) is 8.87. The number of aryl methyl sites for hydroxylation is 2. The standard InChI is InChI=1S/2C10H12O.H2O/c2*1-8(2)11-10-6-4-9(3)5-7-10;/h2*4-7H,1H2,2-3H3;1H2. The maximum absolute atomic E-state index is 5.27. The van der Waals surface area contributed by atoms with Gasteiger partial charge in [-0.3, -0.25) is 0 Å². The number of hydrogen-bond donors (Lipinski definition) is 0. The monoisotopic (exact) mass is 314 g/mol. The molecule has 2 aromatic rings. The molecule has 0 saturated heterocycles. The smallest absolute Gasteiger partial charge is 0.126 e. The molecule has 0 radical (unpaired) electrons. The number of benzene rings is 2. The summed E-state index contributed by atoms with van der Waals surface area (Å²) in [6, 6.07) is 15.8. The van der Waals surface area contributed by atoms with Crippen LogP contribution in [0.5, 0.6) is 11.5 Å². The highest BCUT2D eigenvalue weighted by atomic mass is 16.5. The lowest BCUT2D eigenvalue weighted by atomic mass is 10.2. The van der Waals surface area contributed by atoms with Gasteiger partial charge in [0.2, 0.25) is 0 Å². The van der Waals surface area contributed by atoms with Crippen LogP contribution in [-0.4, -0.2) is 5.48 Å². The summed E-state index contributed by atoms with van der Waals surface area (Å²) < 4.78 is 10.5. The van der Waals surface area contributed by atoms with Crippen LogP contribution >= 0.6 is 0 Å². The molecule has 0 aliphatic carbocycles. The van der Waals surface area contributed by atoms with Gasteiger partial charge in [0.15, 0.2) is 0 Å². The highest BCUT2D eigenvalue weighted by molar-refractivity contribution is 5.28. The van der Waals surface area contributed by atoms with Crippen LogP contribution in [0.2, 0.25) is 0 Å². The lowest BCUT2D eigenvalue weighted by Crippen LogP contribution is -1.87. The lowest BCUT2D eigenvalue weighted by Gasteiger charge is -2.03. The Morgan fingerprint density at radius 3 is 1.13 bits per heavy atom. The van der Waals surface area contributed by atoms with Crippen molar-refractivity contribution in [3.8, 4) is 11.5 Å². The van der Waals surface area contributed by atoms with E-state index in [1.807, 2.05) is 76.2 Å². The molecule has 2 rings (SSSR count). The van der Waals surface area contributed by atoms with Crippen LogP contribution in [0, 0.1) is 13.8 Å².